The Morgan fingerprint density at radius 1 is 1.45 bits per heavy atom. The van der Waals surface area contributed by atoms with Gasteiger partial charge in [0.2, 0.25) is 0 Å². The minimum absolute atomic E-state index is 0.125. The average Bonchev–Trinajstić information content (AvgIpc) is 2.38. The van der Waals surface area contributed by atoms with E-state index >= 15 is 0 Å². The zero-order valence-electron chi connectivity index (χ0n) is 11.1. The van der Waals surface area contributed by atoms with Gasteiger partial charge in [-0.05, 0) is 18.6 Å². The molecule has 0 aromatic heterocycles. The van der Waals surface area contributed by atoms with Crippen molar-refractivity contribution in [2.45, 2.75) is 25.7 Å². The Balaban J connectivity index is 2.48. The van der Waals surface area contributed by atoms with Crippen LogP contribution in [0.5, 0.6) is 0 Å². The average molecular weight is 295 g/mol. The van der Waals surface area contributed by atoms with Gasteiger partial charge < -0.3 is 9.84 Å². The molecule has 106 valence electrons. The van der Waals surface area contributed by atoms with Gasteiger partial charge >= 0.3 is 5.97 Å². The fraction of sp³-hybridized carbons (Fsp3) is 0.333. The third-order valence-electron chi connectivity index (χ3n) is 3.23. The van der Waals surface area contributed by atoms with Gasteiger partial charge in [-0.25, -0.2) is 4.79 Å². The van der Waals surface area contributed by atoms with E-state index in [2.05, 4.69) is 0 Å². The number of aliphatic hydroxyl groups excluding tert-OH is 1. The normalized spacial score (nSPS) is 19.1. The van der Waals surface area contributed by atoms with Crippen molar-refractivity contribution in [3.05, 3.63) is 46.2 Å². The number of carbonyl (C=O) groups is 2. The van der Waals surface area contributed by atoms with E-state index in [1.807, 2.05) is 0 Å². The topological polar surface area (TPSA) is 63.6 Å². The lowest BCUT2D eigenvalue weighted by atomic mass is 9.81. The minimum atomic E-state index is -0.595. The van der Waals surface area contributed by atoms with E-state index in [1.54, 1.807) is 31.2 Å². The highest BCUT2D eigenvalue weighted by atomic mass is 35.5. The standard InChI is InChI=1S/C15H15ClO4/c1-2-20-15(19)14-11(7-9(17)8-13(14)18)10-5-3-4-6-12(10)16/h3-6,11,18H,2,7-8H2,1H3. The quantitative estimate of drug-likeness (QED) is 0.870. The zero-order valence-corrected chi connectivity index (χ0v) is 11.8. The molecule has 0 aliphatic heterocycles. The molecule has 0 saturated heterocycles. The molecule has 1 aromatic rings. The van der Waals surface area contributed by atoms with Crippen molar-refractivity contribution in [3.8, 4) is 0 Å². The van der Waals surface area contributed by atoms with Gasteiger partial charge in [0.15, 0.2) is 0 Å². The molecule has 20 heavy (non-hydrogen) atoms. The molecule has 0 saturated carbocycles. The van der Waals surface area contributed by atoms with Crippen LogP contribution in [0.25, 0.3) is 0 Å². The lowest BCUT2D eigenvalue weighted by Crippen LogP contribution is -2.24. The van der Waals surface area contributed by atoms with Gasteiger partial charge in [-0.15, -0.1) is 0 Å². The second-order valence-electron chi connectivity index (χ2n) is 4.57. The highest BCUT2D eigenvalue weighted by molar-refractivity contribution is 6.31. The monoisotopic (exact) mass is 294 g/mol. The number of Topliss-reactive ketones (excluding diaryl/α,β-unsaturated/α-hetero) is 1. The van der Waals surface area contributed by atoms with E-state index in [0.29, 0.717) is 10.6 Å². The van der Waals surface area contributed by atoms with Crippen LogP contribution >= 0.6 is 11.6 Å². The molecule has 1 aliphatic carbocycles. The third-order valence-corrected chi connectivity index (χ3v) is 3.58. The van der Waals surface area contributed by atoms with Crippen LogP contribution in [-0.2, 0) is 14.3 Å². The van der Waals surface area contributed by atoms with Crippen molar-refractivity contribution in [3.63, 3.8) is 0 Å². The van der Waals surface area contributed by atoms with Gasteiger partial charge in [0.05, 0.1) is 18.6 Å². The maximum absolute atomic E-state index is 12.0. The van der Waals surface area contributed by atoms with Crippen molar-refractivity contribution in [1.29, 1.82) is 0 Å². The van der Waals surface area contributed by atoms with Crippen molar-refractivity contribution in [1.82, 2.24) is 0 Å². The van der Waals surface area contributed by atoms with Gasteiger partial charge in [-0.3, -0.25) is 4.79 Å². The molecule has 0 radical (unpaired) electrons. The SMILES string of the molecule is CCOC(=O)C1=C(O)CC(=O)CC1c1ccccc1Cl. The molecule has 1 unspecified atom stereocenters. The van der Waals surface area contributed by atoms with Crippen LogP contribution in [-0.4, -0.2) is 23.5 Å². The van der Waals surface area contributed by atoms with Crippen molar-refractivity contribution in [2.24, 2.45) is 0 Å². The molecule has 0 fully saturated rings. The number of halogens is 1. The Morgan fingerprint density at radius 3 is 2.80 bits per heavy atom. The summed E-state index contributed by atoms with van der Waals surface area (Å²) in [6, 6.07) is 6.98. The summed E-state index contributed by atoms with van der Waals surface area (Å²) in [5.41, 5.74) is 0.788. The fourth-order valence-electron chi connectivity index (χ4n) is 2.38. The smallest absolute Gasteiger partial charge is 0.338 e. The van der Waals surface area contributed by atoms with Crippen LogP contribution in [0, 0.1) is 0 Å². The van der Waals surface area contributed by atoms with E-state index in [9.17, 15) is 14.7 Å². The molecule has 0 amide bonds. The molecule has 1 aliphatic rings. The molecular formula is C15H15ClO4. The predicted molar refractivity (Wildman–Crippen MR) is 74.7 cm³/mol. The Kier molecular flexibility index (Phi) is 4.45. The number of aliphatic hydroxyl groups is 1. The fourth-order valence-corrected chi connectivity index (χ4v) is 2.64. The number of ether oxygens (including phenoxy) is 1. The van der Waals surface area contributed by atoms with Gasteiger partial charge in [-0.2, -0.15) is 0 Å². The Bertz CT molecular complexity index is 577. The maximum atomic E-state index is 12.0. The minimum Gasteiger partial charge on any atom is -0.511 e. The van der Waals surface area contributed by atoms with E-state index in [1.165, 1.54) is 0 Å². The van der Waals surface area contributed by atoms with Gasteiger partial charge in [0.1, 0.15) is 11.5 Å². The number of allylic oxidation sites excluding steroid dienone is 1. The first-order chi connectivity index (χ1) is 9.54. The third kappa shape index (κ3) is 2.85. The lowest BCUT2D eigenvalue weighted by Gasteiger charge is -2.25. The van der Waals surface area contributed by atoms with E-state index in [0.717, 1.165) is 0 Å². The first-order valence-electron chi connectivity index (χ1n) is 6.39. The molecule has 0 spiro atoms. The van der Waals surface area contributed by atoms with Crippen LogP contribution in [0.1, 0.15) is 31.2 Å². The van der Waals surface area contributed by atoms with E-state index in [-0.39, 0.29) is 36.6 Å². The number of rotatable bonds is 3. The summed E-state index contributed by atoms with van der Waals surface area (Å²) < 4.78 is 4.97. The van der Waals surface area contributed by atoms with Crippen LogP contribution < -0.4 is 0 Å². The number of ketones is 1. The number of benzene rings is 1. The summed E-state index contributed by atoms with van der Waals surface area (Å²) in [5, 5.41) is 10.4. The van der Waals surface area contributed by atoms with Crippen LogP contribution in [0.2, 0.25) is 5.02 Å². The Labute approximate surface area is 122 Å². The van der Waals surface area contributed by atoms with Crippen molar-refractivity contribution in [2.75, 3.05) is 6.61 Å². The summed E-state index contributed by atoms with van der Waals surface area (Å²) in [7, 11) is 0. The number of hydrogen-bond acceptors (Lipinski definition) is 4. The molecule has 5 heteroatoms. The molecule has 2 rings (SSSR count). The number of carbonyl (C=O) groups excluding carboxylic acids is 2. The summed E-state index contributed by atoms with van der Waals surface area (Å²) in [5.74, 6) is -1.49. The van der Waals surface area contributed by atoms with Crippen molar-refractivity contribution < 1.29 is 19.4 Å². The number of hydrogen-bond donors (Lipinski definition) is 1. The summed E-state index contributed by atoms with van der Waals surface area (Å²) in [6.45, 7) is 1.90. The Morgan fingerprint density at radius 2 is 2.15 bits per heavy atom. The summed E-state index contributed by atoms with van der Waals surface area (Å²) in [4.78, 5) is 23.7. The van der Waals surface area contributed by atoms with Crippen LogP contribution in [0.15, 0.2) is 35.6 Å². The molecule has 1 atom stereocenters. The molecule has 0 bridgehead atoms. The molecular weight excluding hydrogens is 280 g/mol. The highest BCUT2D eigenvalue weighted by Crippen LogP contribution is 2.38. The van der Waals surface area contributed by atoms with Gasteiger partial charge in [-0.1, -0.05) is 29.8 Å². The van der Waals surface area contributed by atoms with Gasteiger partial charge in [0, 0.05) is 17.4 Å². The first-order valence-corrected chi connectivity index (χ1v) is 6.77. The lowest BCUT2D eigenvalue weighted by molar-refractivity contribution is -0.139. The second-order valence-corrected chi connectivity index (χ2v) is 4.98. The maximum Gasteiger partial charge on any atom is 0.338 e. The molecule has 4 nitrogen and oxygen atoms in total. The molecule has 0 heterocycles. The number of esters is 1. The Hall–Kier alpha value is -1.81. The summed E-state index contributed by atoms with van der Waals surface area (Å²) >= 11 is 6.13. The zero-order chi connectivity index (χ0) is 14.7. The van der Waals surface area contributed by atoms with Gasteiger partial charge in [0.25, 0.3) is 0 Å². The summed E-state index contributed by atoms with van der Waals surface area (Å²) in [6.07, 6.45) is 0.0110. The van der Waals surface area contributed by atoms with Crippen LogP contribution in [0.3, 0.4) is 0 Å². The van der Waals surface area contributed by atoms with E-state index < -0.39 is 11.9 Å². The van der Waals surface area contributed by atoms with Crippen molar-refractivity contribution >= 4 is 23.4 Å². The van der Waals surface area contributed by atoms with E-state index in [4.69, 9.17) is 16.3 Å². The highest BCUT2D eigenvalue weighted by Gasteiger charge is 2.35. The molecule has 1 aromatic carbocycles. The largest absolute Gasteiger partial charge is 0.511 e. The second kappa shape index (κ2) is 6.09. The first kappa shape index (κ1) is 14.6. The molecule has 1 N–H and O–H groups in total. The van der Waals surface area contributed by atoms with Crippen LogP contribution in [0.4, 0.5) is 0 Å². The predicted octanol–water partition coefficient (Wildman–Crippen LogP) is 3.16.